The summed E-state index contributed by atoms with van der Waals surface area (Å²) >= 11 is 0. The quantitative estimate of drug-likeness (QED) is 0.817. The van der Waals surface area contributed by atoms with Gasteiger partial charge in [0.15, 0.2) is 0 Å². The number of aromatic nitrogens is 2. The number of nitrogens with one attached hydrogen (secondary N) is 1. The van der Waals surface area contributed by atoms with E-state index in [0.717, 1.165) is 49.5 Å². The van der Waals surface area contributed by atoms with Gasteiger partial charge in [0.05, 0.1) is 36.8 Å². The molecule has 0 saturated carbocycles. The molecule has 7 heteroatoms. The zero-order valence-corrected chi connectivity index (χ0v) is 18.1. The maximum absolute atomic E-state index is 13.2. The summed E-state index contributed by atoms with van der Waals surface area (Å²) in [6.07, 6.45) is 3.84. The van der Waals surface area contributed by atoms with Crippen LogP contribution in [0.25, 0.3) is 0 Å². The second-order valence-corrected chi connectivity index (χ2v) is 8.53. The second-order valence-electron chi connectivity index (χ2n) is 8.53. The molecule has 2 aliphatic rings. The zero-order valence-electron chi connectivity index (χ0n) is 18.1. The molecular formula is C23H32N4O3. The van der Waals surface area contributed by atoms with Crippen molar-refractivity contribution < 1.29 is 14.3 Å². The molecule has 30 heavy (non-hydrogen) atoms. The van der Waals surface area contributed by atoms with Crippen LogP contribution in [0.5, 0.6) is 5.75 Å². The number of benzene rings is 1. The van der Waals surface area contributed by atoms with Crippen molar-refractivity contribution in [2.24, 2.45) is 0 Å². The average molecular weight is 413 g/mol. The van der Waals surface area contributed by atoms with Crippen LogP contribution in [-0.4, -0.2) is 71.4 Å². The van der Waals surface area contributed by atoms with Crippen LogP contribution < -0.4 is 4.74 Å². The summed E-state index contributed by atoms with van der Waals surface area (Å²) in [7, 11) is 1.72. The van der Waals surface area contributed by atoms with Crippen molar-refractivity contribution in [2.45, 2.75) is 51.4 Å². The monoisotopic (exact) mass is 412 g/mol. The number of likely N-dealkylation sites (tertiary alicyclic amines) is 1. The first kappa shape index (κ1) is 20.9. The van der Waals surface area contributed by atoms with E-state index in [1.807, 2.05) is 30.9 Å². The van der Waals surface area contributed by atoms with E-state index >= 15 is 0 Å². The minimum Gasteiger partial charge on any atom is -0.496 e. The minimum absolute atomic E-state index is 0.0614. The van der Waals surface area contributed by atoms with Crippen molar-refractivity contribution >= 4 is 5.91 Å². The number of hydrogen-bond donors (Lipinski definition) is 1. The van der Waals surface area contributed by atoms with Crippen molar-refractivity contribution in [3.8, 4) is 5.75 Å². The number of aromatic amines is 1. The van der Waals surface area contributed by atoms with E-state index in [1.165, 1.54) is 5.56 Å². The van der Waals surface area contributed by atoms with Gasteiger partial charge in [-0.3, -0.25) is 14.8 Å². The average Bonchev–Trinajstić information content (AvgIpc) is 3.23. The van der Waals surface area contributed by atoms with Gasteiger partial charge in [-0.05, 0) is 45.8 Å². The second kappa shape index (κ2) is 9.18. The number of H-pyrrole nitrogens is 1. The summed E-state index contributed by atoms with van der Waals surface area (Å²) in [6.45, 7) is 8.15. The Labute approximate surface area is 178 Å². The SMILES string of the molecule is COc1ccccc1CN1CCC(c2[nH]ncc2C(=O)N2CC(C)OC(C)C2)CC1. The standard InChI is InChI=1S/C23H32N4O3/c1-16-13-27(14-17(2)30-16)23(28)20-12-24-25-22(20)18-8-10-26(11-9-18)15-19-6-4-5-7-21(19)29-3/h4-7,12,16-18H,8-11,13-15H2,1-3H3,(H,24,25). The molecule has 2 fully saturated rings. The molecule has 3 heterocycles. The van der Waals surface area contributed by atoms with E-state index in [9.17, 15) is 4.79 Å². The Balaban J connectivity index is 1.39. The largest absolute Gasteiger partial charge is 0.496 e. The number of piperidine rings is 1. The first-order valence-electron chi connectivity index (χ1n) is 10.9. The molecule has 1 aromatic heterocycles. The van der Waals surface area contributed by atoms with Crippen LogP contribution in [0, 0.1) is 0 Å². The van der Waals surface area contributed by atoms with Crippen LogP contribution in [0.15, 0.2) is 30.5 Å². The number of rotatable bonds is 5. The maximum Gasteiger partial charge on any atom is 0.257 e. The van der Waals surface area contributed by atoms with Crippen molar-refractivity contribution in [3.05, 3.63) is 47.3 Å². The van der Waals surface area contributed by atoms with Gasteiger partial charge in [-0.25, -0.2) is 0 Å². The van der Waals surface area contributed by atoms with E-state index in [0.29, 0.717) is 19.0 Å². The lowest BCUT2D eigenvalue weighted by Gasteiger charge is -2.36. The highest BCUT2D eigenvalue weighted by Crippen LogP contribution is 2.31. The summed E-state index contributed by atoms with van der Waals surface area (Å²) < 4.78 is 11.3. The van der Waals surface area contributed by atoms with Gasteiger partial charge in [-0.15, -0.1) is 0 Å². The molecule has 4 rings (SSSR count). The van der Waals surface area contributed by atoms with E-state index in [2.05, 4.69) is 27.2 Å². The topological polar surface area (TPSA) is 70.7 Å². The fourth-order valence-corrected chi connectivity index (χ4v) is 4.75. The lowest BCUT2D eigenvalue weighted by atomic mass is 9.90. The molecule has 2 aliphatic heterocycles. The molecule has 162 valence electrons. The highest BCUT2D eigenvalue weighted by atomic mass is 16.5. The minimum atomic E-state index is 0.0614. The third-order valence-electron chi connectivity index (χ3n) is 6.19. The van der Waals surface area contributed by atoms with E-state index in [-0.39, 0.29) is 18.1 Å². The Kier molecular flexibility index (Phi) is 6.39. The molecule has 2 unspecified atom stereocenters. The highest BCUT2D eigenvalue weighted by molar-refractivity contribution is 5.95. The molecule has 1 amide bonds. The van der Waals surface area contributed by atoms with E-state index in [4.69, 9.17) is 9.47 Å². The molecule has 1 aromatic carbocycles. The number of amides is 1. The third-order valence-corrected chi connectivity index (χ3v) is 6.19. The number of morpholine rings is 1. The van der Waals surface area contributed by atoms with Gasteiger partial charge in [0.1, 0.15) is 5.75 Å². The van der Waals surface area contributed by atoms with Gasteiger partial charge in [0.25, 0.3) is 5.91 Å². The van der Waals surface area contributed by atoms with Gasteiger partial charge in [-0.2, -0.15) is 5.10 Å². The number of carbonyl (C=O) groups excluding carboxylic acids is 1. The summed E-state index contributed by atoms with van der Waals surface area (Å²) in [6, 6.07) is 8.20. The lowest BCUT2D eigenvalue weighted by molar-refractivity contribution is -0.0586. The maximum atomic E-state index is 13.2. The first-order valence-corrected chi connectivity index (χ1v) is 10.9. The Morgan fingerprint density at radius 2 is 1.90 bits per heavy atom. The zero-order chi connectivity index (χ0) is 21.1. The molecule has 0 bridgehead atoms. The van der Waals surface area contributed by atoms with Crippen LogP contribution in [0.3, 0.4) is 0 Å². The van der Waals surface area contributed by atoms with Crippen molar-refractivity contribution in [3.63, 3.8) is 0 Å². The molecule has 0 radical (unpaired) electrons. The van der Waals surface area contributed by atoms with Gasteiger partial charge in [0, 0.05) is 31.1 Å². The highest BCUT2D eigenvalue weighted by Gasteiger charge is 2.31. The normalized spacial score (nSPS) is 23.5. The number of nitrogens with zero attached hydrogens (tertiary/aromatic N) is 3. The molecule has 0 spiro atoms. The van der Waals surface area contributed by atoms with E-state index < -0.39 is 0 Å². The van der Waals surface area contributed by atoms with Crippen molar-refractivity contribution in [1.29, 1.82) is 0 Å². The molecule has 1 N–H and O–H groups in total. The summed E-state index contributed by atoms with van der Waals surface area (Å²) in [5.41, 5.74) is 2.93. The summed E-state index contributed by atoms with van der Waals surface area (Å²) in [4.78, 5) is 17.5. The molecule has 2 atom stereocenters. The van der Waals surface area contributed by atoms with E-state index in [1.54, 1.807) is 13.3 Å². The Hall–Kier alpha value is -2.38. The number of carbonyl (C=O) groups is 1. The third kappa shape index (κ3) is 4.52. The van der Waals surface area contributed by atoms with Gasteiger partial charge >= 0.3 is 0 Å². The lowest BCUT2D eigenvalue weighted by Crippen LogP contribution is -2.48. The molecule has 7 nitrogen and oxygen atoms in total. The fourth-order valence-electron chi connectivity index (χ4n) is 4.75. The molecule has 0 aliphatic carbocycles. The Morgan fingerprint density at radius 3 is 2.60 bits per heavy atom. The molecule has 2 aromatic rings. The van der Waals surface area contributed by atoms with Gasteiger partial charge in [0.2, 0.25) is 0 Å². The van der Waals surface area contributed by atoms with Gasteiger partial charge < -0.3 is 14.4 Å². The van der Waals surface area contributed by atoms with Crippen LogP contribution in [0.1, 0.15) is 54.2 Å². The summed E-state index contributed by atoms with van der Waals surface area (Å²) in [5, 5.41) is 7.36. The van der Waals surface area contributed by atoms with Crippen LogP contribution >= 0.6 is 0 Å². The number of ether oxygens (including phenoxy) is 2. The molecule has 2 saturated heterocycles. The number of hydrogen-bond acceptors (Lipinski definition) is 5. The van der Waals surface area contributed by atoms with Crippen molar-refractivity contribution in [1.82, 2.24) is 20.0 Å². The smallest absolute Gasteiger partial charge is 0.257 e. The van der Waals surface area contributed by atoms with Crippen LogP contribution in [0.2, 0.25) is 0 Å². The predicted octanol–water partition coefficient (Wildman–Crippen LogP) is 3.05. The first-order chi connectivity index (χ1) is 14.5. The Bertz CT molecular complexity index is 850. The van der Waals surface area contributed by atoms with Crippen LogP contribution in [-0.2, 0) is 11.3 Å². The van der Waals surface area contributed by atoms with Gasteiger partial charge in [-0.1, -0.05) is 18.2 Å². The number of para-hydroxylation sites is 1. The predicted molar refractivity (Wildman–Crippen MR) is 115 cm³/mol. The summed E-state index contributed by atoms with van der Waals surface area (Å²) in [5.74, 6) is 1.34. The molecular weight excluding hydrogens is 380 g/mol. The van der Waals surface area contributed by atoms with Crippen molar-refractivity contribution in [2.75, 3.05) is 33.3 Å². The fraction of sp³-hybridized carbons (Fsp3) is 0.565. The Morgan fingerprint density at radius 1 is 1.20 bits per heavy atom. The number of methoxy groups -OCH3 is 1. The van der Waals surface area contributed by atoms with Crippen LogP contribution in [0.4, 0.5) is 0 Å².